The van der Waals surface area contributed by atoms with Crippen molar-refractivity contribution in [3.63, 3.8) is 0 Å². The van der Waals surface area contributed by atoms with E-state index in [1.54, 1.807) is 0 Å². The predicted molar refractivity (Wildman–Crippen MR) is 73.3 cm³/mol. The summed E-state index contributed by atoms with van der Waals surface area (Å²) < 4.78 is 47.5. The third-order valence-electron chi connectivity index (χ3n) is 3.43. The smallest absolute Gasteiger partial charge is 0.420 e. The molecule has 1 atom stereocenters. The zero-order valence-electron chi connectivity index (χ0n) is 11.9. The summed E-state index contributed by atoms with van der Waals surface area (Å²) in [6.07, 6.45) is -6.56. The van der Waals surface area contributed by atoms with Crippen LogP contribution in [0.15, 0.2) is 27.4 Å². The maximum Gasteiger partial charge on any atom is 0.420 e. The fraction of sp³-hybridized carbons (Fsp3) is 0.308. The number of benzene rings is 1. The number of nitrogens with two attached hydrogens (primary N) is 1. The first-order valence-electron chi connectivity index (χ1n) is 6.63. The minimum absolute atomic E-state index is 0.0694. The number of carbonyl (C=O) groups excluding carboxylic acids is 2. The van der Waals surface area contributed by atoms with Gasteiger partial charge in [0, 0.05) is 6.07 Å². The second kappa shape index (κ2) is 5.28. The number of anilines is 1. The van der Waals surface area contributed by atoms with E-state index >= 15 is 0 Å². The summed E-state index contributed by atoms with van der Waals surface area (Å²) >= 11 is 0. The lowest BCUT2D eigenvalue weighted by Crippen LogP contribution is -2.32. The number of aromatic nitrogens is 1. The molecule has 2 amide bonds. The number of hydrogen-bond donors (Lipinski definition) is 1. The van der Waals surface area contributed by atoms with Crippen LogP contribution < -0.4 is 16.4 Å². The molecular formula is C13H10F3N3O5. The van der Waals surface area contributed by atoms with E-state index in [2.05, 4.69) is 0 Å². The Kier molecular flexibility index (Phi) is 3.50. The summed E-state index contributed by atoms with van der Waals surface area (Å²) in [6, 6.07) is 3.75. The normalized spacial score (nSPS) is 18.2. The molecule has 128 valence electrons. The van der Waals surface area contributed by atoms with Crippen LogP contribution in [0.5, 0.6) is 0 Å². The number of rotatable bonds is 3. The topological polar surface area (TPSA) is 108 Å². The van der Waals surface area contributed by atoms with E-state index in [0.29, 0.717) is 4.57 Å². The second-order valence-corrected chi connectivity index (χ2v) is 5.11. The standard InChI is InChI=1S/C13H10F3N3O5/c14-13(15,16)5-19-7-2-1-6(3-8(7)23-12(19)22)18-4-9(10(17)20)24-11(18)21/h1-3,9H,4-5H2,(H2,17,20)/t9-/m1/s1. The van der Waals surface area contributed by atoms with Crippen molar-refractivity contribution in [2.24, 2.45) is 5.73 Å². The molecule has 2 aromatic rings. The number of hydrogen-bond acceptors (Lipinski definition) is 5. The maximum atomic E-state index is 12.5. The highest BCUT2D eigenvalue weighted by atomic mass is 19.4. The molecule has 1 aromatic heterocycles. The van der Waals surface area contributed by atoms with Gasteiger partial charge in [0.05, 0.1) is 17.7 Å². The van der Waals surface area contributed by atoms with Gasteiger partial charge in [-0.3, -0.25) is 14.3 Å². The van der Waals surface area contributed by atoms with Gasteiger partial charge in [0.2, 0.25) is 0 Å². The molecule has 0 radical (unpaired) electrons. The van der Waals surface area contributed by atoms with Gasteiger partial charge in [0.25, 0.3) is 5.91 Å². The predicted octanol–water partition coefficient (Wildman–Crippen LogP) is 0.967. The molecule has 0 unspecified atom stereocenters. The summed E-state index contributed by atoms with van der Waals surface area (Å²) in [5, 5.41) is 0. The zero-order valence-corrected chi connectivity index (χ0v) is 11.9. The number of amides is 2. The van der Waals surface area contributed by atoms with Crippen molar-refractivity contribution in [1.29, 1.82) is 0 Å². The SMILES string of the molecule is NC(=O)[C@H]1CN(c2ccc3c(c2)oc(=O)n3CC(F)(F)F)C(=O)O1. The van der Waals surface area contributed by atoms with E-state index < -0.39 is 36.6 Å². The number of nitrogens with zero attached hydrogens (tertiary/aromatic N) is 2. The third kappa shape index (κ3) is 2.79. The average molecular weight is 345 g/mol. The minimum Gasteiger partial charge on any atom is -0.434 e. The van der Waals surface area contributed by atoms with Crippen LogP contribution in [0.25, 0.3) is 11.1 Å². The first-order valence-corrected chi connectivity index (χ1v) is 6.63. The van der Waals surface area contributed by atoms with E-state index in [4.69, 9.17) is 14.9 Å². The highest BCUT2D eigenvalue weighted by molar-refractivity contribution is 5.96. The summed E-state index contributed by atoms with van der Waals surface area (Å²) in [6.45, 7) is -1.64. The van der Waals surface area contributed by atoms with Gasteiger partial charge >= 0.3 is 18.0 Å². The molecule has 3 rings (SSSR count). The van der Waals surface area contributed by atoms with Crippen LogP contribution in [0, 0.1) is 0 Å². The van der Waals surface area contributed by atoms with Crippen LogP contribution in [0.3, 0.4) is 0 Å². The first-order chi connectivity index (χ1) is 11.2. The molecule has 11 heteroatoms. The lowest BCUT2D eigenvalue weighted by molar-refractivity contribution is -0.140. The number of oxazole rings is 1. The molecule has 2 N–H and O–H groups in total. The van der Waals surface area contributed by atoms with Gasteiger partial charge in [0.15, 0.2) is 11.7 Å². The van der Waals surface area contributed by atoms with E-state index in [1.807, 2.05) is 0 Å². The Morgan fingerprint density at radius 1 is 1.33 bits per heavy atom. The number of ether oxygens (including phenoxy) is 1. The molecule has 0 aliphatic carbocycles. The van der Waals surface area contributed by atoms with Crippen LogP contribution in [-0.4, -0.2) is 35.4 Å². The number of fused-ring (bicyclic) bond motifs is 1. The van der Waals surface area contributed by atoms with E-state index in [9.17, 15) is 27.6 Å². The Morgan fingerprint density at radius 3 is 2.62 bits per heavy atom. The largest absolute Gasteiger partial charge is 0.434 e. The maximum absolute atomic E-state index is 12.5. The van der Waals surface area contributed by atoms with Gasteiger partial charge in [-0.05, 0) is 12.1 Å². The van der Waals surface area contributed by atoms with Gasteiger partial charge in [-0.25, -0.2) is 9.59 Å². The molecule has 1 aliphatic rings. The molecule has 8 nitrogen and oxygen atoms in total. The van der Waals surface area contributed by atoms with Crippen LogP contribution in [0.1, 0.15) is 0 Å². The fourth-order valence-corrected chi connectivity index (χ4v) is 2.37. The molecule has 1 saturated heterocycles. The Hall–Kier alpha value is -2.98. The van der Waals surface area contributed by atoms with Crippen LogP contribution in [-0.2, 0) is 16.1 Å². The highest BCUT2D eigenvalue weighted by Gasteiger charge is 2.36. The van der Waals surface area contributed by atoms with Crippen LogP contribution >= 0.6 is 0 Å². The molecule has 1 aliphatic heterocycles. The zero-order chi connectivity index (χ0) is 17.6. The van der Waals surface area contributed by atoms with Crippen molar-refractivity contribution in [2.75, 3.05) is 11.4 Å². The van der Waals surface area contributed by atoms with Crippen LogP contribution in [0.2, 0.25) is 0 Å². The van der Waals surface area contributed by atoms with Crippen molar-refractivity contribution in [3.05, 3.63) is 28.7 Å². The van der Waals surface area contributed by atoms with Crippen molar-refractivity contribution in [2.45, 2.75) is 18.8 Å². The lowest BCUT2D eigenvalue weighted by Gasteiger charge is -2.12. The van der Waals surface area contributed by atoms with Crippen molar-refractivity contribution in [1.82, 2.24) is 4.57 Å². The van der Waals surface area contributed by atoms with E-state index in [1.165, 1.54) is 18.2 Å². The van der Waals surface area contributed by atoms with Crippen molar-refractivity contribution >= 4 is 28.8 Å². The molecule has 0 spiro atoms. The van der Waals surface area contributed by atoms with Gasteiger partial charge < -0.3 is 14.9 Å². The van der Waals surface area contributed by atoms with E-state index in [-0.39, 0.29) is 23.3 Å². The Labute approximate surface area is 131 Å². The lowest BCUT2D eigenvalue weighted by atomic mass is 10.2. The summed E-state index contributed by atoms with van der Waals surface area (Å²) in [7, 11) is 0. The summed E-state index contributed by atoms with van der Waals surface area (Å²) in [5.41, 5.74) is 5.06. The number of carbonyl (C=O) groups is 2. The molecule has 0 saturated carbocycles. The van der Waals surface area contributed by atoms with Crippen molar-refractivity contribution in [3.8, 4) is 0 Å². The molecule has 2 heterocycles. The quantitative estimate of drug-likeness (QED) is 0.892. The second-order valence-electron chi connectivity index (χ2n) is 5.11. The Morgan fingerprint density at radius 2 is 2.04 bits per heavy atom. The van der Waals surface area contributed by atoms with Crippen molar-refractivity contribution < 1.29 is 31.9 Å². The number of alkyl halides is 3. The third-order valence-corrected chi connectivity index (χ3v) is 3.43. The van der Waals surface area contributed by atoms with Crippen LogP contribution in [0.4, 0.5) is 23.7 Å². The Balaban J connectivity index is 1.97. The Bertz CT molecular complexity index is 885. The summed E-state index contributed by atoms with van der Waals surface area (Å²) in [4.78, 5) is 35.5. The number of halogens is 3. The minimum atomic E-state index is -4.59. The number of cyclic esters (lactones) is 1. The highest BCUT2D eigenvalue weighted by Crippen LogP contribution is 2.27. The first kappa shape index (κ1) is 15.9. The fourth-order valence-electron chi connectivity index (χ4n) is 2.37. The molecule has 24 heavy (non-hydrogen) atoms. The van der Waals surface area contributed by atoms with Gasteiger partial charge in [-0.1, -0.05) is 0 Å². The monoisotopic (exact) mass is 345 g/mol. The van der Waals surface area contributed by atoms with Gasteiger partial charge in [-0.15, -0.1) is 0 Å². The number of primary amides is 1. The van der Waals surface area contributed by atoms with Gasteiger partial charge in [-0.2, -0.15) is 13.2 Å². The molecule has 1 fully saturated rings. The molecular weight excluding hydrogens is 335 g/mol. The van der Waals surface area contributed by atoms with Gasteiger partial charge in [0.1, 0.15) is 6.54 Å². The average Bonchev–Trinajstić information content (AvgIpc) is 2.98. The van der Waals surface area contributed by atoms with E-state index in [0.717, 1.165) is 4.90 Å². The molecule has 0 bridgehead atoms. The molecule has 1 aromatic carbocycles. The summed E-state index contributed by atoms with van der Waals surface area (Å²) in [5.74, 6) is -1.99.